The molecule has 0 aliphatic carbocycles. The lowest BCUT2D eigenvalue weighted by Crippen LogP contribution is -2.32. The summed E-state index contributed by atoms with van der Waals surface area (Å²) in [6.45, 7) is 5.90. The topological polar surface area (TPSA) is 106 Å². The highest BCUT2D eigenvalue weighted by molar-refractivity contribution is 5.83. The molecule has 0 saturated heterocycles. The van der Waals surface area contributed by atoms with Crippen LogP contribution in [0.2, 0.25) is 0 Å². The van der Waals surface area contributed by atoms with Gasteiger partial charge in [-0.25, -0.2) is 4.98 Å². The molecule has 2 aromatic heterocycles. The fourth-order valence-electron chi connectivity index (χ4n) is 3.94. The number of hydrogen-bond donors (Lipinski definition) is 2. The zero-order valence-electron chi connectivity index (χ0n) is 21.9. The number of carbonyl (C=O) groups excluding carboxylic acids is 1. The van der Waals surface area contributed by atoms with Gasteiger partial charge >= 0.3 is 0 Å². The van der Waals surface area contributed by atoms with Crippen LogP contribution in [-0.2, 0) is 11.3 Å². The molecule has 4 rings (SSSR count). The van der Waals surface area contributed by atoms with Crippen LogP contribution in [0.3, 0.4) is 0 Å². The number of anilines is 2. The Morgan fingerprint density at radius 2 is 1.78 bits per heavy atom. The summed E-state index contributed by atoms with van der Waals surface area (Å²) in [5, 5.41) is 10.4. The number of rotatable bonds is 11. The number of fused-ring (bicyclic) bond motifs is 1. The van der Waals surface area contributed by atoms with Crippen LogP contribution >= 0.6 is 0 Å². The molecular formula is C27H33N7O3. The van der Waals surface area contributed by atoms with E-state index in [-0.39, 0.29) is 12.5 Å². The predicted octanol–water partition coefficient (Wildman–Crippen LogP) is 3.39. The summed E-state index contributed by atoms with van der Waals surface area (Å²) in [6.07, 6.45) is 5.21. The Hall–Kier alpha value is -4.18. The zero-order valence-corrected chi connectivity index (χ0v) is 21.9. The number of nitrogens with zero attached hydrogens (tertiary/aromatic N) is 5. The molecule has 2 aromatic carbocycles. The predicted molar refractivity (Wildman–Crippen MR) is 145 cm³/mol. The number of likely N-dealkylation sites (N-methyl/N-ethyl adjacent to an activating group) is 1. The second kappa shape index (κ2) is 11.7. The van der Waals surface area contributed by atoms with Crippen molar-refractivity contribution < 1.29 is 14.3 Å². The van der Waals surface area contributed by atoms with Crippen molar-refractivity contribution in [3.63, 3.8) is 0 Å². The number of carbonyl (C=O) groups is 1. The quantitative estimate of drug-likeness (QED) is 0.321. The lowest BCUT2D eigenvalue weighted by atomic mass is 10.2. The van der Waals surface area contributed by atoms with Crippen LogP contribution in [0.15, 0.2) is 55.0 Å². The third-order valence-electron chi connectivity index (χ3n) is 5.89. The van der Waals surface area contributed by atoms with Crippen molar-refractivity contribution in [2.45, 2.75) is 26.4 Å². The smallest absolute Gasteiger partial charge is 0.241 e. The molecule has 0 atom stereocenters. The molecule has 0 unspecified atom stereocenters. The van der Waals surface area contributed by atoms with Gasteiger partial charge in [0.05, 0.1) is 43.3 Å². The zero-order chi connectivity index (χ0) is 26.4. The Morgan fingerprint density at radius 3 is 2.46 bits per heavy atom. The number of nitrogens with one attached hydrogen (secondary N) is 2. The number of ether oxygens (including phenoxy) is 2. The van der Waals surface area contributed by atoms with Crippen LogP contribution in [-0.4, -0.2) is 66.1 Å². The monoisotopic (exact) mass is 503 g/mol. The van der Waals surface area contributed by atoms with Gasteiger partial charge in [0.2, 0.25) is 5.91 Å². The fraction of sp³-hybridized carbons (Fsp3) is 0.333. The van der Waals surface area contributed by atoms with Gasteiger partial charge in [-0.2, -0.15) is 5.10 Å². The van der Waals surface area contributed by atoms with E-state index in [1.807, 2.05) is 36.4 Å². The second-order valence-corrected chi connectivity index (χ2v) is 8.86. The molecule has 10 heteroatoms. The minimum atomic E-state index is -0.120. The van der Waals surface area contributed by atoms with Crippen LogP contribution in [0, 0.1) is 0 Å². The molecule has 0 spiro atoms. The first-order valence-corrected chi connectivity index (χ1v) is 12.1. The summed E-state index contributed by atoms with van der Waals surface area (Å²) >= 11 is 0. The van der Waals surface area contributed by atoms with Gasteiger partial charge in [0, 0.05) is 67.5 Å². The number of benzene rings is 2. The summed E-state index contributed by atoms with van der Waals surface area (Å²) in [5.41, 5.74) is 4.93. The average Bonchev–Trinajstić information content (AvgIpc) is 3.38. The van der Waals surface area contributed by atoms with Crippen molar-refractivity contribution >= 4 is 28.3 Å². The fourth-order valence-corrected chi connectivity index (χ4v) is 3.94. The highest BCUT2D eigenvalue weighted by Gasteiger charge is 2.15. The van der Waals surface area contributed by atoms with E-state index in [4.69, 9.17) is 14.5 Å². The van der Waals surface area contributed by atoms with E-state index >= 15 is 0 Å². The molecule has 1 amide bonds. The summed E-state index contributed by atoms with van der Waals surface area (Å²) in [7, 11) is 4.89. The summed E-state index contributed by atoms with van der Waals surface area (Å²) in [6, 6.07) is 12.3. The second-order valence-electron chi connectivity index (χ2n) is 8.86. The Balaban J connectivity index is 1.70. The highest BCUT2D eigenvalue weighted by atomic mass is 16.5. The molecule has 10 nitrogen and oxygen atoms in total. The Morgan fingerprint density at radius 1 is 1.03 bits per heavy atom. The largest absolute Gasteiger partial charge is 0.497 e. The van der Waals surface area contributed by atoms with E-state index in [1.165, 1.54) is 0 Å². The lowest BCUT2D eigenvalue weighted by molar-refractivity contribution is -0.121. The van der Waals surface area contributed by atoms with Crippen LogP contribution in [0.4, 0.5) is 11.4 Å². The maximum atomic E-state index is 11.7. The first-order valence-electron chi connectivity index (χ1n) is 12.1. The number of hydrogen-bond acceptors (Lipinski definition) is 8. The van der Waals surface area contributed by atoms with Gasteiger partial charge < -0.3 is 25.0 Å². The van der Waals surface area contributed by atoms with Gasteiger partial charge in [0.15, 0.2) is 0 Å². The third kappa shape index (κ3) is 6.34. The SMILES string of the molecule is CNC(=O)Cn1cc(-c2cnc3ccc(N(CCNC(C)C)c4cc(OC)cc(OC)c4)cc3n2)cn1. The Kier molecular flexibility index (Phi) is 8.19. The van der Waals surface area contributed by atoms with Crippen LogP contribution < -0.4 is 25.0 Å². The van der Waals surface area contributed by atoms with E-state index in [0.717, 1.165) is 41.1 Å². The van der Waals surface area contributed by atoms with Crippen LogP contribution in [0.5, 0.6) is 11.5 Å². The van der Waals surface area contributed by atoms with Crippen molar-refractivity contribution in [2.75, 3.05) is 39.3 Å². The van der Waals surface area contributed by atoms with Crippen LogP contribution in [0.1, 0.15) is 13.8 Å². The van der Waals surface area contributed by atoms with Crippen molar-refractivity contribution in [1.82, 2.24) is 30.4 Å². The molecule has 0 fully saturated rings. The van der Waals surface area contributed by atoms with E-state index in [2.05, 4.69) is 39.5 Å². The van der Waals surface area contributed by atoms with Gasteiger partial charge in [-0.3, -0.25) is 14.5 Å². The van der Waals surface area contributed by atoms with Crippen LogP contribution in [0.25, 0.3) is 22.3 Å². The van der Waals surface area contributed by atoms with Gasteiger partial charge in [0.25, 0.3) is 0 Å². The first-order chi connectivity index (χ1) is 17.9. The normalized spacial score (nSPS) is 11.1. The maximum Gasteiger partial charge on any atom is 0.241 e. The molecular weight excluding hydrogens is 470 g/mol. The van der Waals surface area contributed by atoms with Crippen molar-refractivity contribution in [3.8, 4) is 22.8 Å². The minimum absolute atomic E-state index is 0.120. The highest BCUT2D eigenvalue weighted by Crippen LogP contribution is 2.34. The van der Waals surface area contributed by atoms with E-state index in [9.17, 15) is 4.79 Å². The molecule has 37 heavy (non-hydrogen) atoms. The molecule has 0 aliphatic rings. The van der Waals surface area contributed by atoms with Gasteiger partial charge in [-0.1, -0.05) is 13.8 Å². The molecule has 2 N–H and O–H groups in total. The molecule has 4 aromatic rings. The standard InChI is InChI=1S/C27H33N7O3/c1-18(2)29-8-9-34(21-10-22(36-4)13-23(11-21)37-5)20-6-7-24-25(12-20)32-26(15-30-24)19-14-31-33(16-19)17-27(35)28-3/h6-7,10-16,18,29H,8-9,17H2,1-5H3,(H,28,35). The number of amides is 1. The van der Waals surface area contributed by atoms with E-state index in [0.29, 0.717) is 23.2 Å². The Bertz CT molecular complexity index is 1350. The molecule has 0 radical (unpaired) electrons. The van der Waals surface area contributed by atoms with E-state index in [1.54, 1.807) is 44.5 Å². The number of aromatic nitrogens is 4. The molecule has 0 aliphatic heterocycles. The lowest BCUT2D eigenvalue weighted by Gasteiger charge is -2.27. The summed E-state index contributed by atoms with van der Waals surface area (Å²) in [4.78, 5) is 23.4. The molecule has 0 saturated carbocycles. The number of methoxy groups -OCH3 is 2. The minimum Gasteiger partial charge on any atom is -0.497 e. The van der Waals surface area contributed by atoms with Gasteiger partial charge in [0.1, 0.15) is 18.0 Å². The van der Waals surface area contributed by atoms with Gasteiger partial charge in [-0.15, -0.1) is 0 Å². The first kappa shape index (κ1) is 25.9. The summed E-state index contributed by atoms with van der Waals surface area (Å²) in [5.74, 6) is 1.31. The molecule has 194 valence electrons. The van der Waals surface area contributed by atoms with Crippen molar-refractivity contribution in [2.24, 2.45) is 0 Å². The molecule has 2 heterocycles. The third-order valence-corrected chi connectivity index (χ3v) is 5.89. The van der Waals surface area contributed by atoms with Crippen molar-refractivity contribution in [1.29, 1.82) is 0 Å². The summed E-state index contributed by atoms with van der Waals surface area (Å²) < 4.78 is 12.6. The molecule has 0 bridgehead atoms. The van der Waals surface area contributed by atoms with Crippen molar-refractivity contribution in [3.05, 3.63) is 55.0 Å². The Labute approximate surface area is 216 Å². The maximum absolute atomic E-state index is 11.7. The van der Waals surface area contributed by atoms with Gasteiger partial charge in [-0.05, 0) is 18.2 Å². The average molecular weight is 504 g/mol. The van der Waals surface area contributed by atoms with E-state index < -0.39 is 0 Å².